The Morgan fingerprint density at radius 1 is 1.07 bits per heavy atom. The van der Waals surface area contributed by atoms with Crippen molar-refractivity contribution in [3.8, 4) is 0 Å². The summed E-state index contributed by atoms with van der Waals surface area (Å²) in [6.45, 7) is 1.66. The highest BCUT2D eigenvalue weighted by atomic mass is 32.2. The first kappa shape index (κ1) is 11.0. The largest absolute Gasteiger partial charge is 0.501 e. The lowest BCUT2D eigenvalue weighted by Gasteiger charge is -2.07. The number of alkyl halides is 3. The molecule has 0 aromatic heterocycles. The molecule has 0 heterocycles. The van der Waals surface area contributed by atoms with Crippen LogP contribution < -0.4 is 0 Å². The summed E-state index contributed by atoms with van der Waals surface area (Å²) in [5.41, 5.74) is -4.53. The molecule has 0 bridgehead atoms. The van der Waals surface area contributed by atoms with Crippen molar-refractivity contribution < 1.29 is 21.6 Å². The molecule has 0 saturated heterocycles. The number of hydrogen-bond donors (Lipinski definition) is 0. The second-order valence-electron chi connectivity index (χ2n) is 2.76. The number of halogens is 3. The molecule has 0 amide bonds. The Hall–Kier alpha value is -1.04. The second-order valence-corrected chi connectivity index (χ2v) is 4.70. The fraction of sp³-hybridized carbons (Fsp3) is 0.250. The molecule has 0 atom stereocenters. The molecule has 1 rings (SSSR count). The standard InChI is InChI=1S/C8H7F3O2S/c1-6-2-4-7(5-3-6)14(12,13)8(9,10)11/h2-5H,1H3. The lowest BCUT2D eigenvalue weighted by Crippen LogP contribution is -2.23. The van der Waals surface area contributed by atoms with E-state index >= 15 is 0 Å². The molecule has 0 aliphatic carbocycles. The SMILES string of the molecule is Cc1ccc(S(=O)(=O)C(F)(F)F)cc1. The molecule has 1 aromatic carbocycles. The van der Waals surface area contributed by atoms with E-state index in [1.807, 2.05) is 0 Å². The third kappa shape index (κ3) is 1.89. The van der Waals surface area contributed by atoms with Crippen LogP contribution in [0.4, 0.5) is 13.2 Å². The Morgan fingerprint density at radius 2 is 1.50 bits per heavy atom. The Labute approximate surface area is 79.3 Å². The van der Waals surface area contributed by atoms with Gasteiger partial charge in [-0.1, -0.05) is 17.7 Å². The summed E-state index contributed by atoms with van der Waals surface area (Å²) in [7, 11) is -5.19. The van der Waals surface area contributed by atoms with E-state index in [1.165, 1.54) is 12.1 Å². The van der Waals surface area contributed by atoms with Gasteiger partial charge in [-0.2, -0.15) is 13.2 Å². The Balaban J connectivity index is 3.25. The van der Waals surface area contributed by atoms with Gasteiger partial charge in [0, 0.05) is 0 Å². The third-order valence-electron chi connectivity index (χ3n) is 1.64. The predicted molar refractivity (Wildman–Crippen MR) is 44.4 cm³/mol. The maximum Gasteiger partial charge on any atom is 0.501 e. The van der Waals surface area contributed by atoms with Crippen LogP contribution >= 0.6 is 0 Å². The smallest absolute Gasteiger partial charge is 0.214 e. The van der Waals surface area contributed by atoms with Gasteiger partial charge in [0.1, 0.15) is 0 Å². The quantitative estimate of drug-likeness (QED) is 0.733. The molecule has 0 radical (unpaired) electrons. The van der Waals surface area contributed by atoms with Gasteiger partial charge in [-0.05, 0) is 19.1 Å². The van der Waals surface area contributed by atoms with Crippen LogP contribution in [0, 0.1) is 6.92 Å². The normalized spacial score (nSPS) is 12.9. The highest BCUT2D eigenvalue weighted by molar-refractivity contribution is 7.92. The average Bonchev–Trinajstić information content (AvgIpc) is 2.03. The van der Waals surface area contributed by atoms with Crippen molar-refractivity contribution in [2.45, 2.75) is 17.3 Å². The van der Waals surface area contributed by atoms with Crippen molar-refractivity contribution in [1.82, 2.24) is 0 Å². The first-order valence-corrected chi connectivity index (χ1v) is 5.11. The molecule has 0 N–H and O–H groups in total. The zero-order chi connectivity index (χ0) is 11.0. The first-order valence-electron chi connectivity index (χ1n) is 3.63. The van der Waals surface area contributed by atoms with Crippen LogP contribution in [0.3, 0.4) is 0 Å². The molecular weight excluding hydrogens is 217 g/mol. The first-order chi connectivity index (χ1) is 6.25. The number of aryl methyl sites for hydroxylation is 1. The third-order valence-corrected chi connectivity index (χ3v) is 3.14. The van der Waals surface area contributed by atoms with Crippen LogP contribution in [0.1, 0.15) is 5.56 Å². The van der Waals surface area contributed by atoms with Crippen molar-refractivity contribution in [2.24, 2.45) is 0 Å². The van der Waals surface area contributed by atoms with E-state index in [-0.39, 0.29) is 0 Å². The predicted octanol–water partition coefficient (Wildman–Crippen LogP) is 2.29. The zero-order valence-corrected chi connectivity index (χ0v) is 7.98. The van der Waals surface area contributed by atoms with Crippen LogP contribution in [0.2, 0.25) is 0 Å². The molecule has 0 fully saturated rings. The van der Waals surface area contributed by atoms with Crippen LogP contribution in [-0.4, -0.2) is 13.9 Å². The van der Waals surface area contributed by atoms with Gasteiger partial charge in [-0.3, -0.25) is 0 Å². The Morgan fingerprint density at radius 3 is 1.86 bits per heavy atom. The Kier molecular flexibility index (Phi) is 2.58. The molecule has 14 heavy (non-hydrogen) atoms. The second kappa shape index (κ2) is 3.27. The van der Waals surface area contributed by atoms with E-state index in [2.05, 4.69) is 0 Å². The summed E-state index contributed by atoms with van der Waals surface area (Å²) in [4.78, 5) is -0.726. The van der Waals surface area contributed by atoms with Gasteiger partial charge < -0.3 is 0 Å². The molecule has 0 unspecified atom stereocenters. The van der Waals surface area contributed by atoms with Crippen molar-refractivity contribution in [1.29, 1.82) is 0 Å². The van der Waals surface area contributed by atoms with Gasteiger partial charge in [0.15, 0.2) is 0 Å². The Bertz CT molecular complexity index is 417. The van der Waals surface area contributed by atoms with Gasteiger partial charge in [-0.25, -0.2) is 8.42 Å². The molecule has 0 spiro atoms. The molecule has 0 aliphatic heterocycles. The van der Waals surface area contributed by atoms with Crippen molar-refractivity contribution in [3.05, 3.63) is 29.8 Å². The molecule has 78 valence electrons. The summed E-state index contributed by atoms with van der Waals surface area (Å²) in [6.07, 6.45) is 0. The van der Waals surface area contributed by atoms with E-state index in [0.717, 1.165) is 12.1 Å². The van der Waals surface area contributed by atoms with Crippen LogP contribution in [-0.2, 0) is 9.84 Å². The fourth-order valence-electron chi connectivity index (χ4n) is 0.851. The summed E-state index contributed by atoms with van der Waals surface area (Å²) in [5, 5.41) is 0. The molecular formula is C8H7F3O2S. The highest BCUT2D eigenvalue weighted by Gasteiger charge is 2.46. The van der Waals surface area contributed by atoms with Crippen molar-refractivity contribution in [3.63, 3.8) is 0 Å². The summed E-state index contributed by atoms with van der Waals surface area (Å²) >= 11 is 0. The van der Waals surface area contributed by atoms with E-state index in [4.69, 9.17) is 0 Å². The summed E-state index contributed by atoms with van der Waals surface area (Å²) in [6, 6.07) is 4.52. The fourth-order valence-corrected chi connectivity index (χ4v) is 1.61. The van der Waals surface area contributed by atoms with Crippen molar-refractivity contribution >= 4 is 9.84 Å². The van der Waals surface area contributed by atoms with Gasteiger partial charge >= 0.3 is 5.51 Å². The van der Waals surface area contributed by atoms with Gasteiger partial charge in [0.25, 0.3) is 9.84 Å². The lowest BCUT2D eigenvalue weighted by molar-refractivity contribution is -0.0436. The molecule has 1 aromatic rings. The maximum absolute atomic E-state index is 12.0. The van der Waals surface area contributed by atoms with Gasteiger partial charge in [-0.15, -0.1) is 0 Å². The molecule has 2 nitrogen and oxygen atoms in total. The number of benzene rings is 1. The number of hydrogen-bond acceptors (Lipinski definition) is 2. The summed E-state index contributed by atoms with van der Waals surface area (Å²) < 4.78 is 57.8. The van der Waals surface area contributed by atoms with E-state index in [0.29, 0.717) is 5.56 Å². The van der Waals surface area contributed by atoms with Gasteiger partial charge in [0.2, 0.25) is 0 Å². The number of sulfone groups is 1. The van der Waals surface area contributed by atoms with Crippen molar-refractivity contribution in [2.75, 3.05) is 0 Å². The van der Waals surface area contributed by atoms with E-state index in [9.17, 15) is 21.6 Å². The lowest BCUT2D eigenvalue weighted by atomic mass is 10.2. The maximum atomic E-state index is 12.0. The average molecular weight is 224 g/mol. The molecule has 6 heteroatoms. The van der Waals surface area contributed by atoms with E-state index < -0.39 is 20.2 Å². The highest BCUT2D eigenvalue weighted by Crippen LogP contribution is 2.29. The van der Waals surface area contributed by atoms with Crippen LogP contribution in [0.25, 0.3) is 0 Å². The monoisotopic (exact) mass is 224 g/mol. The molecule has 0 saturated carbocycles. The molecule has 0 aliphatic rings. The van der Waals surface area contributed by atoms with Crippen LogP contribution in [0.5, 0.6) is 0 Å². The van der Waals surface area contributed by atoms with Gasteiger partial charge in [0.05, 0.1) is 4.90 Å². The number of rotatable bonds is 1. The minimum atomic E-state index is -5.23. The summed E-state index contributed by atoms with van der Waals surface area (Å²) in [5.74, 6) is 0. The topological polar surface area (TPSA) is 34.1 Å². The van der Waals surface area contributed by atoms with Crippen LogP contribution in [0.15, 0.2) is 29.2 Å². The minimum absolute atomic E-state index is 0.700. The minimum Gasteiger partial charge on any atom is -0.214 e. The zero-order valence-electron chi connectivity index (χ0n) is 7.17. The van der Waals surface area contributed by atoms with E-state index in [1.54, 1.807) is 6.92 Å².